The second kappa shape index (κ2) is 18.8. The molecule has 0 amide bonds. The molecule has 0 bridgehead atoms. The third-order valence-electron chi connectivity index (χ3n) is 18.2. The molecule has 0 atom stereocenters. The lowest BCUT2D eigenvalue weighted by Crippen LogP contribution is -2.16. The number of aryl methyl sites for hydroxylation is 1. The van der Waals surface area contributed by atoms with Gasteiger partial charge in [0.2, 0.25) is 0 Å². The maximum absolute atomic E-state index is 16.0. The number of halogens is 3. The number of pyridine rings is 1. The molecule has 0 unspecified atom stereocenters. The molecule has 0 N–H and O–H groups in total. The fourth-order valence-corrected chi connectivity index (χ4v) is 14.7. The fraction of sp³-hybridized carbons (Fsp3) is 0.0253. The van der Waals surface area contributed by atoms with Crippen LogP contribution in [0, 0.1) is 6.92 Å². The molecular weight excluding hydrogens is 1090 g/mol. The summed E-state index contributed by atoms with van der Waals surface area (Å²) in [5.41, 5.74) is 16.9. The Labute approximate surface area is 501 Å². The average molecular weight is 1140 g/mol. The van der Waals surface area contributed by atoms with Crippen molar-refractivity contribution in [1.29, 1.82) is 0 Å². The molecule has 416 valence electrons. The van der Waals surface area contributed by atoms with Crippen LogP contribution in [0.5, 0.6) is 0 Å². The van der Waals surface area contributed by atoms with E-state index in [9.17, 15) is 0 Å². The number of rotatable bonds is 7. The summed E-state index contributed by atoms with van der Waals surface area (Å²) in [6, 6.07) is 93.4. The van der Waals surface area contributed by atoms with Gasteiger partial charge in [-0.25, -0.2) is 0 Å². The Balaban J connectivity index is 1.24. The van der Waals surface area contributed by atoms with Crippen molar-refractivity contribution >= 4 is 109 Å². The normalized spacial score (nSPS) is 12.3. The molecule has 6 heterocycles. The van der Waals surface area contributed by atoms with Crippen LogP contribution in [-0.4, -0.2) is 27.8 Å². The second-order valence-electron chi connectivity index (χ2n) is 23.0. The molecule has 0 saturated heterocycles. The predicted molar refractivity (Wildman–Crippen MR) is 357 cm³/mol. The van der Waals surface area contributed by atoms with Crippen LogP contribution >= 0.6 is 0 Å². The highest BCUT2D eigenvalue weighted by Crippen LogP contribution is 2.56. The zero-order valence-corrected chi connectivity index (χ0v) is 47.4. The Morgan fingerprint density at radius 2 is 0.705 bits per heavy atom. The number of nitrogens with zero attached hydrogens (tertiary/aromatic N) is 6. The summed E-state index contributed by atoms with van der Waals surface area (Å²) in [6.45, 7) is 2.09. The Hall–Kier alpha value is -11.4. The van der Waals surface area contributed by atoms with Gasteiger partial charge in [0.05, 0.1) is 94.4 Å². The molecule has 6 aromatic heterocycles. The van der Waals surface area contributed by atoms with Crippen molar-refractivity contribution in [1.82, 2.24) is 27.8 Å². The van der Waals surface area contributed by atoms with E-state index in [4.69, 9.17) is 4.98 Å². The zero-order chi connectivity index (χ0) is 58.5. The summed E-state index contributed by atoms with van der Waals surface area (Å²) < 4.78 is 59.9. The van der Waals surface area contributed by atoms with E-state index in [0.717, 1.165) is 149 Å². The van der Waals surface area contributed by atoms with E-state index < -0.39 is 11.7 Å². The van der Waals surface area contributed by atoms with Gasteiger partial charge in [-0.1, -0.05) is 194 Å². The van der Waals surface area contributed by atoms with Gasteiger partial charge in [0.15, 0.2) is 0 Å². The molecule has 0 aliphatic rings. The van der Waals surface area contributed by atoms with Crippen LogP contribution < -0.4 is 0 Å². The van der Waals surface area contributed by atoms with Gasteiger partial charge in [-0.15, -0.1) is 0 Å². The lowest BCUT2D eigenvalue weighted by Gasteiger charge is -2.31. The Kier molecular flexibility index (Phi) is 10.7. The van der Waals surface area contributed by atoms with Crippen molar-refractivity contribution in [3.05, 3.63) is 290 Å². The minimum absolute atomic E-state index is 0.397. The highest BCUT2D eigenvalue weighted by Gasteiger charge is 2.38. The minimum Gasteiger partial charge on any atom is -0.308 e. The molecule has 0 spiro atoms. The summed E-state index contributed by atoms with van der Waals surface area (Å²) in [7, 11) is 0. The third-order valence-corrected chi connectivity index (χ3v) is 18.2. The van der Waals surface area contributed by atoms with E-state index in [-0.39, 0.29) is 0 Å². The molecular formula is C79H49F3N6. The molecule has 18 rings (SSSR count). The van der Waals surface area contributed by atoms with Gasteiger partial charge in [0.1, 0.15) is 0 Å². The molecule has 0 saturated carbocycles. The third kappa shape index (κ3) is 7.03. The highest BCUT2D eigenvalue weighted by molar-refractivity contribution is 6.27. The van der Waals surface area contributed by atoms with Gasteiger partial charge in [-0.3, -0.25) is 4.98 Å². The van der Waals surface area contributed by atoms with Crippen molar-refractivity contribution in [2.24, 2.45) is 0 Å². The standard InChI is InChI=1S/C79H49F3N6/c1-48-22-19-23-49(46-48)70-71(50-24-20-25-51(47-50)79(80,81)82)76(86-63-37-14-7-30-55(63)56-31-8-15-38-64(56)86)78(88-67-41-18-11-34-59(67)60-43-44-68-72(74(60)88)73-69(42-21-45-83-73)84(68)52-26-3-2-4-27-52)77(87-65-39-16-9-32-57(65)58-33-10-17-40-66(58)87)75(70)85-61-35-12-5-28-53(61)54-29-6-13-36-62(54)85/h2-47H,1H3. The highest BCUT2D eigenvalue weighted by atomic mass is 19.4. The number of aromatic nitrogens is 6. The maximum Gasteiger partial charge on any atom is 0.416 e. The van der Waals surface area contributed by atoms with Crippen LogP contribution in [0.15, 0.2) is 279 Å². The van der Waals surface area contributed by atoms with Crippen LogP contribution in [0.3, 0.4) is 0 Å². The first-order valence-corrected chi connectivity index (χ1v) is 29.6. The zero-order valence-electron chi connectivity index (χ0n) is 47.4. The number of benzene rings is 12. The number of hydrogen-bond acceptors (Lipinski definition) is 1. The first-order chi connectivity index (χ1) is 43.3. The van der Waals surface area contributed by atoms with Gasteiger partial charge >= 0.3 is 6.18 Å². The monoisotopic (exact) mass is 1140 g/mol. The molecule has 0 radical (unpaired) electrons. The molecule has 88 heavy (non-hydrogen) atoms. The molecule has 9 heteroatoms. The van der Waals surface area contributed by atoms with Crippen molar-refractivity contribution in [3.63, 3.8) is 0 Å². The van der Waals surface area contributed by atoms with Gasteiger partial charge in [-0.05, 0) is 103 Å². The molecule has 0 aliphatic carbocycles. The number of para-hydroxylation sites is 8. The largest absolute Gasteiger partial charge is 0.416 e. The SMILES string of the molecule is Cc1cccc(-c2c(-c3cccc(C(F)(F)F)c3)c(-n3c4ccccc4c4ccccc43)c(-n3c4ccccc4c4ccc5c(c6ncccc6n5-c5ccccc5)c43)c(-n3c4ccccc4c4ccccc43)c2-n2c3ccccc3c3ccccc32)c1. The van der Waals surface area contributed by atoms with E-state index in [1.54, 1.807) is 6.07 Å². The van der Waals surface area contributed by atoms with Crippen LogP contribution in [0.2, 0.25) is 0 Å². The van der Waals surface area contributed by atoms with Crippen LogP contribution in [0.25, 0.3) is 160 Å². The molecule has 0 aliphatic heterocycles. The van der Waals surface area contributed by atoms with E-state index in [2.05, 4.69) is 266 Å². The summed E-state index contributed by atoms with van der Waals surface area (Å²) in [5.74, 6) is 0. The number of alkyl halides is 3. The van der Waals surface area contributed by atoms with E-state index in [1.165, 1.54) is 12.1 Å². The van der Waals surface area contributed by atoms with Gasteiger partial charge in [0, 0.05) is 66.1 Å². The molecule has 12 aromatic carbocycles. The molecule has 0 fully saturated rings. The lowest BCUT2D eigenvalue weighted by molar-refractivity contribution is -0.137. The summed E-state index contributed by atoms with van der Waals surface area (Å²) >= 11 is 0. The van der Waals surface area contributed by atoms with E-state index in [0.29, 0.717) is 16.8 Å². The Morgan fingerprint density at radius 3 is 1.18 bits per heavy atom. The van der Waals surface area contributed by atoms with Gasteiger partial charge in [-0.2, -0.15) is 13.2 Å². The maximum atomic E-state index is 16.0. The van der Waals surface area contributed by atoms with Gasteiger partial charge < -0.3 is 22.8 Å². The van der Waals surface area contributed by atoms with E-state index >= 15 is 13.2 Å². The lowest BCUT2D eigenvalue weighted by atomic mass is 9.87. The molecule has 18 aromatic rings. The fourth-order valence-electron chi connectivity index (χ4n) is 14.7. The first kappa shape index (κ1) is 50.0. The number of hydrogen-bond donors (Lipinski definition) is 0. The summed E-state index contributed by atoms with van der Waals surface area (Å²) in [6.07, 6.45) is -2.81. The smallest absolute Gasteiger partial charge is 0.308 e. The predicted octanol–water partition coefficient (Wildman–Crippen LogP) is 21.2. The second-order valence-corrected chi connectivity index (χ2v) is 23.0. The van der Waals surface area contributed by atoms with E-state index in [1.807, 2.05) is 24.4 Å². The van der Waals surface area contributed by atoms with Gasteiger partial charge in [0.25, 0.3) is 0 Å². The first-order valence-electron chi connectivity index (χ1n) is 29.6. The van der Waals surface area contributed by atoms with Crippen molar-refractivity contribution in [2.45, 2.75) is 13.1 Å². The minimum atomic E-state index is -4.69. The Bertz CT molecular complexity index is 5790. The Morgan fingerprint density at radius 1 is 0.307 bits per heavy atom. The molecule has 6 nitrogen and oxygen atoms in total. The van der Waals surface area contributed by atoms with Crippen molar-refractivity contribution in [2.75, 3.05) is 0 Å². The average Bonchev–Trinajstić information content (AvgIpc) is 1.41. The topological polar surface area (TPSA) is 37.5 Å². The summed E-state index contributed by atoms with van der Waals surface area (Å²) in [5, 5.41) is 9.09. The van der Waals surface area contributed by atoms with Crippen LogP contribution in [0.4, 0.5) is 13.2 Å². The summed E-state index contributed by atoms with van der Waals surface area (Å²) in [4.78, 5) is 5.35. The van der Waals surface area contributed by atoms with Crippen molar-refractivity contribution in [3.8, 4) is 50.7 Å². The van der Waals surface area contributed by atoms with Crippen molar-refractivity contribution < 1.29 is 13.2 Å². The number of fused-ring (bicyclic) bond motifs is 16. The van der Waals surface area contributed by atoms with Crippen LogP contribution in [-0.2, 0) is 6.18 Å². The quantitative estimate of drug-likeness (QED) is 0.157. The van der Waals surface area contributed by atoms with Crippen LogP contribution in [0.1, 0.15) is 11.1 Å².